The predicted octanol–water partition coefficient (Wildman–Crippen LogP) is 2.62. The first kappa shape index (κ1) is 15.0. The second-order valence-corrected chi connectivity index (χ2v) is 6.25. The van der Waals surface area contributed by atoms with Gasteiger partial charge in [0.05, 0.1) is 18.0 Å². The maximum Gasteiger partial charge on any atom is 0.150 e. The first-order valence-corrected chi connectivity index (χ1v) is 7.86. The number of anilines is 1. The Balaban J connectivity index is 1.95. The fourth-order valence-corrected chi connectivity index (χ4v) is 3.38. The molecule has 1 aliphatic rings. The second-order valence-electron chi connectivity index (χ2n) is 6.25. The van der Waals surface area contributed by atoms with Crippen LogP contribution in [-0.4, -0.2) is 34.8 Å². The van der Waals surface area contributed by atoms with Gasteiger partial charge in [-0.15, -0.1) is 0 Å². The number of aromatic nitrogens is 2. The molecule has 2 heterocycles. The lowest BCUT2D eigenvalue weighted by Gasteiger charge is -2.43. The number of nitrogens with zero attached hydrogens (tertiary/aromatic N) is 3. The SMILES string of the molecule is Cc1cnc(C)c(N2CCCC(CO)(c3ccccc3)C2)n1. The molecule has 4 nitrogen and oxygen atoms in total. The van der Waals surface area contributed by atoms with Crippen molar-refractivity contribution < 1.29 is 5.11 Å². The summed E-state index contributed by atoms with van der Waals surface area (Å²) in [6.45, 7) is 5.88. The van der Waals surface area contributed by atoms with Crippen molar-refractivity contribution in [2.75, 3.05) is 24.6 Å². The van der Waals surface area contributed by atoms with Gasteiger partial charge in [0, 0.05) is 24.7 Å². The van der Waals surface area contributed by atoms with Gasteiger partial charge in [0.2, 0.25) is 0 Å². The largest absolute Gasteiger partial charge is 0.395 e. The Morgan fingerprint density at radius 2 is 2.00 bits per heavy atom. The summed E-state index contributed by atoms with van der Waals surface area (Å²) in [5.74, 6) is 0.952. The highest BCUT2D eigenvalue weighted by atomic mass is 16.3. The number of aliphatic hydroxyl groups excluding tert-OH is 1. The molecule has 2 aromatic rings. The summed E-state index contributed by atoms with van der Waals surface area (Å²) in [6.07, 6.45) is 3.85. The molecule has 1 aromatic heterocycles. The lowest BCUT2D eigenvalue weighted by molar-refractivity contribution is 0.172. The van der Waals surface area contributed by atoms with Gasteiger partial charge in [0.1, 0.15) is 5.82 Å². The molecule has 4 heteroatoms. The van der Waals surface area contributed by atoms with Gasteiger partial charge in [-0.05, 0) is 32.3 Å². The van der Waals surface area contributed by atoms with E-state index >= 15 is 0 Å². The molecule has 0 bridgehead atoms. The van der Waals surface area contributed by atoms with E-state index in [9.17, 15) is 5.11 Å². The van der Waals surface area contributed by atoms with Crippen molar-refractivity contribution in [2.45, 2.75) is 32.1 Å². The third kappa shape index (κ3) is 2.71. The molecule has 1 aliphatic heterocycles. The van der Waals surface area contributed by atoms with Crippen molar-refractivity contribution in [3.8, 4) is 0 Å². The lowest BCUT2D eigenvalue weighted by Crippen LogP contribution is -2.49. The Labute approximate surface area is 131 Å². The minimum atomic E-state index is -0.211. The molecule has 0 amide bonds. The van der Waals surface area contributed by atoms with Gasteiger partial charge in [-0.25, -0.2) is 4.98 Å². The molecular formula is C18H23N3O. The summed E-state index contributed by atoms with van der Waals surface area (Å²) in [5, 5.41) is 10.1. The van der Waals surface area contributed by atoms with E-state index in [-0.39, 0.29) is 12.0 Å². The molecule has 0 saturated carbocycles. The van der Waals surface area contributed by atoms with Crippen LogP contribution in [0.4, 0.5) is 5.82 Å². The maximum absolute atomic E-state index is 10.1. The van der Waals surface area contributed by atoms with E-state index in [1.807, 2.05) is 32.0 Å². The molecule has 1 N–H and O–H groups in total. The number of aliphatic hydroxyl groups is 1. The Morgan fingerprint density at radius 1 is 1.23 bits per heavy atom. The van der Waals surface area contributed by atoms with Gasteiger partial charge in [0.25, 0.3) is 0 Å². The Kier molecular flexibility index (Phi) is 4.12. The van der Waals surface area contributed by atoms with Gasteiger partial charge < -0.3 is 10.0 Å². The van der Waals surface area contributed by atoms with Crippen molar-refractivity contribution in [2.24, 2.45) is 0 Å². The van der Waals surface area contributed by atoms with E-state index in [4.69, 9.17) is 0 Å². The molecule has 3 rings (SSSR count). The average Bonchev–Trinajstić information content (AvgIpc) is 2.58. The fraction of sp³-hybridized carbons (Fsp3) is 0.444. The van der Waals surface area contributed by atoms with Crippen molar-refractivity contribution >= 4 is 5.82 Å². The molecule has 1 saturated heterocycles. The highest BCUT2D eigenvalue weighted by molar-refractivity contribution is 5.46. The molecular weight excluding hydrogens is 274 g/mol. The van der Waals surface area contributed by atoms with Gasteiger partial charge in [0.15, 0.2) is 0 Å². The van der Waals surface area contributed by atoms with E-state index in [2.05, 4.69) is 27.0 Å². The molecule has 1 unspecified atom stereocenters. The van der Waals surface area contributed by atoms with Gasteiger partial charge >= 0.3 is 0 Å². The smallest absolute Gasteiger partial charge is 0.150 e. The van der Waals surface area contributed by atoms with Crippen LogP contribution in [0.2, 0.25) is 0 Å². The van der Waals surface area contributed by atoms with Gasteiger partial charge in [-0.2, -0.15) is 0 Å². The molecule has 0 radical (unpaired) electrons. The normalized spacial score (nSPS) is 21.9. The summed E-state index contributed by atoms with van der Waals surface area (Å²) in [5.41, 5.74) is 2.88. The summed E-state index contributed by atoms with van der Waals surface area (Å²) >= 11 is 0. The zero-order valence-electron chi connectivity index (χ0n) is 13.3. The minimum Gasteiger partial charge on any atom is -0.395 e. The third-order valence-corrected chi connectivity index (χ3v) is 4.62. The zero-order valence-corrected chi connectivity index (χ0v) is 13.3. The number of piperidine rings is 1. The van der Waals surface area contributed by atoms with Crippen molar-refractivity contribution in [3.63, 3.8) is 0 Å². The van der Waals surface area contributed by atoms with Crippen LogP contribution in [0.5, 0.6) is 0 Å². The Morgan fingerprint density at radius 3 is 2.73 bits per heavy atom. The van der Waals surface area contributed by atoms with E-state index in [1.54, 1.807) is 6.20 Å². The van der Waals surface area contributed by atoms with E-state index in [0.29, 0.717) is 0 Å². The number of hydrogen-bond acceptors (Lipinski definition) is 4. The first-order valence-electron chi connectivity index (χ1n) is 7.86. The summed E-state index contributed by atoms with van der Waals surface area (Å²) < 4.78 is 0. The standard InChI is InChI=1S/C18H23N3O/c1-14-11-19-15(2)17(20-14)21-10-6-9-18(12-21,13-22)16-7-4-3-5-8-16/h3-5,7-8,11,22H,6,9-10,12-13H2,1-2H3. The van der Waals surface area contributed by atoms with Crippen LogP contribution in [0.3, 0.4) is 0 Å². The van der Waals surface area contributed by atoms with Crippen molar-refractivity contribution in [1.82, 2.24) is 9.97 Å². The number of aryl methyl sites for hydroxylation is 2. The fourth-order valence-electron chi connectivity index (χ4n) is 3.38. The quantitative estimate of drug-likeness (QED) is 0.946. The van der Waals surface area contributed by atoms with E-state index in [0.717, 1.165) is 43.1 Å². The zero-order chi connectivity index (χ0) is 15.6. The lowest BCUT2D eigenvalue weighted by atomic mass is 9.74. The van der Waals surface area contributed by atoms with Crippen LogP contribution in [-0.2, 0) is 5.41 Å². The molecule has 0 spiro atoms. The predicted molar refractivity (Wildman–Crippen MR) is 88.2 cm³/mol. The summed E-state index contributed by atoms with van der Waals surface area (Å²) in [4.78, 5) is 11.4. The molecule has 1 atom stereocenters. The monoisotopic (exact) mass is 297 g/mol. The first-order chi connectivity index (χ1) is 10.6. The Hall–Kier alpha value is -1.94. The topological polar surface area (TPSA) is 49.2 Å². The highest BCUT2D eigenvalue weighted by Crippen LogP contribution is 2.35. The van der Waals surface area contributed by atoms with Crippen LogP contribution in [0, 0.1) is 13.8 Å². The molecule has 1 fully saturated rings. The van der Waals surface area contributed by atoms with Crippen LogP contribution in [0.15, 0.2) is 36.5 Å². The minimum absolute atomic E-state index is 0.159. The average molecular weight is 297 g/mol. The van der Waals surface area contributed by atoms with E-state index < -0.39 is 0 Å². The Bertz CT molecular complexity index is 644. The third-order valence-electron chi connectivity index (χ3n) is 4.62. The second kappa shape index (κ2) is 6.05. The molecule has 0 aliphatic carbocycles. The van der Waals surface area contributed by atoms with Crippen LogP contribution in [0.1, 0.15) is 29.8 Å². The van der Waals surface area contributed by atoms with Crippen LogP contribution in [0.25, 0.3) is 0 Å². The number of benzene rings is 1. The molecule has 116 valence electrons. The van der Waals surface area contributed by atoms with Gasteiger partial charge in [-0.3, -0.25) is 4.98 Å². The van der Waals surface area contributed by atoms with Crippen LogP contribution < -0.4 is 4.90 Å². The van der Waals surface area contributed by atoms with E-state index in [1.165, 1.54) is 5.56 Å². The van der Waals surface area contributed by atoms with Gasteiger partial charge in [-0.1, -0.05) is 30.3 Å². The summed E-state index contributed by atoms with van der Waals surface area (Å²) in [6, 6.07) is 10.3. The highest BCUT2D eigenvalue weighted by Gasteiger charge is 2.37. The van der Waals surface area contributed by atoms with Crippen molar-refractivity contribution in [3.05, 3.63) is 53.5 Å². The number of hydrogen-bond donors (Lipinski definition) is 1. The molecule has 1 aromatic carbocycles. The maximum atomic E-state index is 10.1. The van der Waals surface area contributed by atoms with Crippen LogP contribution >= 0.6 is 0 Å². The summed E-state index contributed by atoms with van der Waals surface area (Å²) in [7, 11) is 0. The van der Waals surface area contributed by atoms with Crippen molar-refractivity contribution in [1.29, 1.82) is 0 Å². The number of rotatable bonds is 3. The molecule has 22 heavy (non-hydrogen) atoms.